The third-order valence-corrected chi connectivity index (χ3v) is 4.02. The first-order chi connectivity index (χ1) is 12.3. The smallest absolute Gasteiger partial charge is 0.305 e. The van der Waals surface area contributed by atoms with E-state index in [1.54, 1.807) is 30.3 Å². The number of benzene rings is 2. The van der Waals surface area contributed by atoms with Gasteiger partial charge >= 0.3 is 5.97 Å². The molecule has 26 heavy (non-hydrogen) atoms. The van der Waals surface area contributed by atoms with Gasteiger partial charge < -0.3 is 19.9 Å². The Kier molecular flexibility index (Phi) is 6.46. The second kappa shape index (κ2) is 8.58. The lowest BCUT2D eigenvalue weighted by Crippen LogP contribution is -2.30. The van der Waals surface area contributed by atoms with Gasteiger partial charge in [0.05, 0.1) is 26.7 Å². The van der Waals surface area contributed by atoms with E-state index in [0.717, 1.165) is 5.56 Å². The predicted octanol–water partition coefficient (Wildman–Crippen LogP) is 3.61. The number of aliphatic carboxylic acids is 1. The number of carbonyl (C=O) groups excluding carboxylic acids is 1. The van der Waals surface area contributed by atoms with Crippen molar-refractivity contribution in [1.82, 2.24) is 5.32 Å². The lowest BCUT2D eigenvalue weighted by Gasteiger charge is -2.20. The van der Waals surface area contributed by atoms with E-state index in [-0.39, 0.29) is 6.42 Å². The molecule has 0 bridgehead atoms. The summed E-state index contributed by atoms with van der Waals surface area (Å²) in [5.74, 6) is -0.468. The van der Waals surface area contributed by atoms with Gasteiger partial charge in [-0.3, -0.25) is 9.59 Å². The standard InChI is InChI=1S/C19H20ClNO5/c1-11-6-12(8-13(20)7-11)19(24)21-16(10-18(22)23)15-5-4-14(25-2)9-17(15)26-3/h4-9,16H,10H2,1-3H3,(H,21,24)(H,22,23). The number of carboxylic acid groups (broad SMARTS) is 1. The number of rotatable bonds is 7. The molecule has 2 rings (SSSR count). The van der Waals surface area contributed by atoms with Gasteiger partial charge in [-0.15, -0.1) is 0 Å². The minimum atomic E-state index is -1.05. The van der Waals surface area contributed by atoms with Gasteiger partial charge in [-0.05, 0) is 42.8 Å². The number of methoxy groups -OCH3 is 2. The minimum Gasteiger partial charge on any atom is -0.497 e. The molecule has 1 unspecified atom stereocenters. The molecule has 0 aliphatic carbocycles. The van der Waals surface area contributed by atoms with Crippen molar-refractivity contribution < 1.29 is 24.2 Å². The molecule has 1 amide bonds. The highest BCUT2D eigenvalue weighted by molar-refractivity contribution is 6.31. The van der Waals surface area contributed by atoms with Crippen molar-refractivity contribution in [2.24, 2.45) is 0 Å². The summed E-state index contributed by atoms with van der Waals surface area (Å²) < 4.78 is 10.5. The van der Waals surface area contributed by atoms with E-state index in [9.17, 15) is 14.7 Å². The monoisotopic (exact) mass is 377 g/mol. The van der Waals surface area contributed by atoms with Crippen molar-refractivity contribution in [1.29, 1.82) is 0 Å². The number of aryl methyl sites for hydroxylation is 1. The molecule has 0 aliphatic rings. The number of halogens is 1. The van der Waals surface area contributed by atoms with Crippen LogP contribution in [0.3, 0.4) is 0 Å². The molecule has 0 saturated heterocycles. The maximum Gasteiger partial charge on any atom is 0.305 e. The van der Waals surface area contributed by atoms with Crippen LogP contribution >= 0.6 is 11.6 Å². The molecular weight excluding hydrogens is 358 g/mol. The van der Waals surface area contributed by atoms with Crippen LogP contribution < -0.4 is 14.8 Å². The average molecular weight is 378 g/mol. The van der Waals surface area contributed by atoms with Gasteiger partial charge in [-0.25, -0.2) is 0 Å². The van der Waals surface area contributed by atoms with Crippen molar-refractivity contribution in [2.75, 3.05) is 14.2 Å². The van der Waals surface area contributed by atoms with E-state index in [0.29, 0.717) is 27.6 Å². The number of carbonyl (C=O) groups is 2. The fourth-order valence-corrected chi connectivity index (χ4v) is 2.92. The Morgan fingerprint density at radius 1 is 1.15 bits per heavy atom. The first-order valence-electron chi connectivity index (χ1n) is 7.85. The summed E-state index contributed by atoms with van der Waals surface area (Å²) in [4.78, 5) is 23.9. The molecule has 2 aromatic carbocycles. The Hall–Kier alpha value is -2.73. The molecule has 2 aromatic rings. The van der Waals surface area contributed by atoms with Crippen LogP contribution in [0, 0.1) is 6.92 Å². The Balaban J connectivity index is 2.36. The third-order valence-electron chi connectivity index (χ3n) is 3.80. The van der Waals surface area contributed by atoms with Crippen molar-refractivity contribution in [3.05, 3.63) is 58.1 Å². The first-order valence-corrected chi connectivity index (χ1v) is 8.23. The summed E-state index contributed by atoms with van der Waals surface area (Å²) in [6, 6.07) is 9.17. The average Bonchev–Trinajstić information content (AvgIpc) is 2.59. The predicted molar refractivity (Wildman–Crippen MR) is 98.2 cm³/mol. The van der Waals surface area contributed by atoms with Crippen LogP contribution in [0.2, 0.25) is 5.02 Å². The summed E-state index contributed by atoms with van der Waals surface area (Å²) in [5.41, 5.74) is 1.74. The summed E-state index contributed by atoms with van der Waals surface area (Å²) in [6.07, 6.45) is -0.298. The molecule has 0 saturated carbocycles. The van der Waals surface area contributed by atoms with Crippen LogP contribution in [0.4, 0.5) is 0 Å². The van der Waals surface area contributed by atoms with Crippen molar-refractivity contribution in [3.8, 4) is 11.5 Å². The molecule has 1 atom stereocenters. The number of ether oxygens (including phenoxy) is 2. The molecule has 138 valence electrons. The normalized spacial score (nSPS) is 11.5. The van der Waals surface area contributed by atoms with Crippen molar-refractivity contribution in [2.45, 2.75) is 19.4 Å². The van der Waals surface area contributed by atoms with E-state index in [4.69, 9.17) is 21.1 Å². The number of hydrogen-bond donors (Lipinski definition) is 2. The quantitative estimate of drug-likeness (QED) is 0.769. The molecule has 2 N–H and O–H groups in total. The highest BCUT2D eigenvalue weighted by Crippen LogP contribution is 2.31. The molecule has 0 heterocycles. The van der Waals surface area contributed by atoms with Gasteiger partial charge in [0.1, 0.15) is 11.5 Å². The van der Waals surface area contributed by atoms with Gasteiger partial charge in [-0.2, -0.15) is 0 Å². The van der Waals surface area contributed by atoms with E-state index < -0.39 is 17.9 Å². The van der Waals surface area contributed by atoms with Gasteiger partial charge in [-0.1, -0.05) is 11.6 Å². The number of carboxylic acids is 1. The van der Waals surface area contributed by atoms with E-state index in [1.807, 2.05) is 6.92 Å². The largest absolute Gasteiger partial charge is 0.497 e. The maximum atomic E-state index is 12.6. The number of amides is 1. The summed E-state index contributed by atoms with van der Waals surface area (Å²) in [7, 11) is 2.99. The lowest BCUT2D eigenvalue weighted by atomic mass is 10.0. The molecule has 0 spiro atoms. The van der Waals surface area contributed by atoms with Crippen LogP contribution in [0.1, 0.15) is 33.9 Å². The Bertz CT molecular complexity index is 801. The fourth-order valence-electron chi connectivity index (χ4n) is 2.63. The zero-order valence-corrected chi connectivity index (χ0v) is 15.5. The minimum absolute atomic E-state index is 0.298. The van der Waals surface area contributed by atoms with Gasteiger partial charge in [0.2, 0.25) is 0 Å². The molecule has 0 aromatic heterocycles. The van der Waals surface area contributed by atoms with Crippen molar-refractivity contribution in [3.63, 3.8) is 0 Å². The molecule has 6 nitrogen and oxygen atoms in total. The maximum absolute atomic E-state index is 12.6. The SMILES string of the molecule is COc1ccc(C(CC(=O)O)NC(=O)c2cc(C)cc(Cl)c2)c(OC)c1. The highest BCUT2D eigenvalue weighted by atomic mass is 35.5. The van der Waals surface area contributed by atoms with Crippen LogP contribution in [-0.2, 0) is 4.79 Å². The number of nitrogens with one attached hydrogen (secondary N) is 1. The zero-order chi connectivity index (χ0) is 19.3. The second-order valence-electron chi connectivity index (χ2n) is 5.75. The van der Waals surface area contributed by atoms with Gasteiger partial charge in [0, 0.05) is 22.2 Å². The molecule has 0 aliphatic heterocycles. The van der Waals surface area contributed by atoms with Gasteiger partial charge in [0.25, 0.3) is 5.91 Å². The zero-order valence-electron chi connectivity index (χ0n) is 14.7. The van der Waals surface area contributed by atoms with E-state index in [2.05, 4.69) is 5.32 Å². The lowest BCUT2D eigenvalue weighted by molar-refractivity contribution is -0.137. The van der Waals surface area contributed by atoms with Crippen LogP contribution in [0.5, 0.6) is 11.5 Å². The molecule has 7 heteroatoms. The molecule has 0 radical (unpaired) electrons. The van der Waals surface area contributed by atoms with Crippen LogP contribution in [-0.4, -0.2) is 31.2 Å². The van der Waals surface area contributed by atoms with E-state index >= 15 is 0 Å². The highest BCUT2D eigenvalue weighted by Gasteiger charge is 2.23. The van der Waals surface area contributed by atoms with E-state index in [1.165, 1.54) is 20.3 Å². The summed E-state index contributed by atoms with van der Waals surface area (Å²) >= 11 is 6.01. The Labute approximate surface area is 156 Å². The van der Waals surface area contributed by atoms with Crippen LogP contribution in [0.25, 0.3) is 0 Å². The number of hydrogen-bond acceptors (Lipinski definition) is 4. The Morgan fingerprint density at radius 2 is 1.88 bits per heavy atom. The Morgan fingerprint density at radius 3 is 2.46 bits per heavy atom. The van der Waals surface area contributed by atoms with Crippen LogP contribution in [0.15, 0.2) is 36.4 Å². The van der Waals surface area contributed by atoms with Gasteiger partial charge in [0.15, 0.2) is 0 Å². The van der Waals surface area contributed by atoms with Crippen molar-refractivity contribution >= 4 is 23.5 Å². The first kappa shape index (κ1) is 19.6. The summed E-state index contributed by atoms with van der Waals surface area (Å²) in [5, 5.41) is 12.4. The fraction of sp³-hybridized carbons (Fsp3) is 0.263. The topological polar surface area (TPSA) is 84.9 Å². The molecule has 0 fully saturated rings. The molecular formula is C19H20ClNO5. The second-order valence-corrected chi connectivity index (χ2v) is 6.19. The summed E-state index contributed by atoms with van der Waals surface area (Å²) in [6.45, 7) is 1.82. The third kappa shape index (κ3) is 4.89.